The topological polar surface area (TPSA) is 72.3 Å². The van der Waals surface area contributed by atoms with Gasteiger partial charge in [0.1, 0.15) is 5.75 Å². The van der Waals surface area contributed by atoms with Gasteiger partial charge in [0.15, 0.2) is 5.69 Å². The average Bonchev–Trinajstić information content (AvgIpc) is 3.03. The van der Waals surface area contributed by atoms with Crippen molar-refractivity contribution in [2.24, 2.45) is 0 Å². The Morgan fingerprint density at radius 1 is 1.25 bits per heavy atom. The minimum atomic E-state index is -0.0983. The SMILES string of the molecule is COc1c(C)cc(CN(C)C(=O)c2nnn(C3CCNCC3)c2C)cc1C.Cl. The van der Waals surface area contributed by atoms with Crippen molar-refractivity contribution in [3.63, 3.8) is 0 Å². The number of rotatable bonds is 5. The first-order chi connectivity index (χ1) is 12.9. The summed E-state index contributed by atoms with van der Waals surface area (Å²) in [5, 5.41) is 11.8. The molecule has 1 aliphatic heterocycles. The summed E-state index contributed by atoms with van der Waals surface area (Å²) >= 11 is 0. The van der Waals surface area contributed by atoms with E-state index in [1.165, 1.54) is 0 Å². The molecule has 0 spiro atoms. The minimum Gasteiger partial charge on any atom is -0.496 e. The Labute approximate surface area is 172 Å². The zero-order valence-corrected chi connectivity index (χ0v) is 18.1. The first kappa shape index (κ1) is 22.2. The van der Waals surface area contributed by atoms with E-state index in [0.717, 1.165) is 54.1 Å². The molecule has 2 aromatic rings. The molecule has 1 amide bonds. The summed E-state index contributed by atoms with van der Waals surface area (Å²) in [6.07, 6.45) is 2.02. The van der Waals surface area contributed by atoms with Crippen LogP contribution in [-0.4, -0.2) is 53.0 Å². The predicted molar refractivity (Wildman–Crippen MR) is 111 cm³/mol. The number of aryl methyl sites for hydroxylation is 2. The van der Waals surface area contributed by atoms with Gasteiger partial charge in [-0.05, 0) is 63.4 Å². The van der Waals surface area contributed by atoms with E-state index in [1.54, 1.807) is 19.1 Å². The summed E-state index contributed by atoms with van der Waals surface area (Å²) in [5.74, 6) is 0.798. The summed E-state index contributed by atoms with van der Waals surface area (Å²) in [6, 6.07) is 4.44. The lowest BCUT2D eigenvalue weighted by Gasteiger charge is -2.23. The molecule has 28 heavy (non-hydrogen) atoms. The van der Waals surface area contributed by atoms with Crippen LogP contribution in [0.5, 0.6) is 5.75 Å². The van der Waals surface area contributed by atoms with Crippen LogP contribution >= 0.6 is 12.4 Å². The van der Waals surface area contributed by atoms with E-state index in [4.69, 9.17) is 4.74 Å². The Bertz CT molecular complexity index is 807. The molecule has 7 nitrogen and oxygen atoms in total. The van der Waals surface area contributed by atoms with Crippen LogP contribution in [0.3, 0.4) is 0 Å². The number of ether oxygens (including phenoxy) is 1. The molecule has 3 rings (SSSR count). The monoisotopic (exact) mass is 407 g/mol. The fourth-order valence-corrected chi connectivity index (χ4v) is 3.92. The number of piperidine rings is 1. The smallest absolute Gasteiger partial charge is 0.276 e. The Hall–Kier alpha value is -2.12. The third-order valence-corrected chi connectivity index (χ3v) is 5.28. The lowest BCUT2D eigenvalue weighted by atomic mass is 10.1. The van der Waals surface area contributed by atoms with Gasteiger partial charge in [0.25, 0.3) is 5.91 Å². The molecule has 1 fully saturated rings. The Balaban J connectivity index is 0.00000280. The molecule has 0 aliphatic carbocycles. The number of carbonyl (C=O) groups excluding carboxylic acids is 1. The van der Waals surface area contributed by atoms with Crippen LogP contribution in [0.4, 0.5) is 0 Å². The molecule has 1 aromatic carbocycles. The van der Waals surface area contributed by atoms with E-state index in [2.05, 4.69) is 27.8 Å². The van der Waals surface area contributed by atoms with Crippen LogP contribution in [0.25, 0.3) is 0 Å². The van der Waals surface area contributed by atoms with Crippen molar-refractivity contribution in [1.82, 2.24) is 25.2 Å². The molecule has 154 valence electrons. The summed E-state index contributed by atoms with van der Waals surface area (Å²) in [7, 11) is 3.49. The summed E-state index contributed by atoms with van der Waals surface area (Å²) in [4.78, 5) is 14.6. The van der Waals surface area contributed by atoms with Crippen LogP contribution < -0.4 is 10.1 Å². The molecule has 1 N–H and O–H groups in total. The zero-order chi connectivity index (χ0) is 19.6. The molecule has 1 saturated heterocycles. The quantitative estimate of drug-likeness (QED) is 0.825. The largest absolute Gasteiger partial charge is 0.496 e. The number of aromatic nitrogens is 3. The maximum atomic E-state index is 12.9. The molecular weight excluding hydrogens is 378 g/mol. The van der Waals surface area contributed by atoms with Crippen molar-refractivity contribution in [2.75, 3.05) is 27.2 Å². The van der Waals surface area contributed by atoms with Gasteiger partial charge in [-0.25, -0.2) is 4.68 Å². The standard InChI is InChI=1S/C20H29N5O2.ClH/c1-13-10-16(11-14(2)19(13)27-5)12-24(4)20(26)18-15(3)25(23-22-18)17-6-8-21-9-7-17;/h10-11,17,21H,6-9,12H2,1-5H3;1H. The van der Waals surface area contributed by atoms with Crippen LogP contribution in [0.15, 0.2) is 12.1 Å². The van der Waals surface area contributed by atoms with Crippen LogP contribution in [0.2, 0.25) is 0 Å². The predicted octanol–water partition coefficient (Wildman–Crippen LogP) is 2.83. The van der Waals surface area contributed by atoms with Crippen molar-refractivity contribution in [3.8, 4) is 5.75 Å². The molecule has 1 aromatic heterocycles. The average molecular weight is 408 g/mol. The lowest BCUT2D eigenvalue weighted by Crippen LogP contribution is -2.30. The lowest BCUT2D eigenvalue weighted by molar-refractivity contribution is 0.0778. The van der Waals surface area contributed by atoms with E-state index < -0.39 is 0 Å². The maximum absolute atomic E-state index is 12.9. The molecule has 0 bridgehead atoms. The van der Waals surface area contributed by atoms with Crippen LogP contribution in [-0.2, 0) is 6.54 Å². The van der Waals surface area contributed by atoms with Gasteiger partial charge in [-0.15, -0.1) is 17.5 Å². The van der Waals surface area contributed by atoms with Crippen LogP contribution in [0.1, 0.15) is 51.8 Å². The highest BCUT2D eigenvalue weighted by molar-refractivity contribution is 5.93. The summed E-state index contributed by atoms with van der Waals surface area (Å²) in [6.45, 7) is 8.44. The number of amides is 1. The molecule has 8 heteroatoms. The third-order valence-electron chi connectivity index (χ3n) is 5.28. The molecular formula is C20H30ClN5O2. The van der Waals surface area contributed by atoms with Gasteiger partial charge in [-0.3, -0.25) is 4.79 Å². The highest BCUT2D eigenvalue weighted by Crippen LogP contribution is 2.25. The van der Waals surface area contributed by atoms with Gasteiger partial charge in [0.2, 0.25) is 0 Å². The fraction of sp³-hybridized carbons (Fsp3) is 0.550. The molecule has 1 aliphatic rings. The molecule has 0 radical (unpaired) electrons. The van der Waals surface area contributed by atoms with Gasteiger partial charge in [0.05, 0.1) is 18.8 Å². The number of nitrogens with zero attached hydrogens (tertiary/aromatic N) is 4. The number of hydrogen-bond donors (Lipinski definition) is 1. The van der Waals surface area contributed by atoms with Gasteiger partial charge >= 0.3 is 0 Å². The second-order valence-corrected chi connectivity index (χ2v) is 7.37. The number of nitrogens with one attached hydrogen (secondary N) is 1. The van der Waals surface area contributed by atoms with E-state index in [0.29, 0.717) is 18.3 Å². The Morgan fingerprint density at radius 2 is 1.86 bits per heavy atom. The second kappa shape index (κ2) is 9.39. The zero-order valence-electron chi connectivity index (χ0n) is 17.3. The van der Waals surface area contributed by atoms with E-state index in [9.17, 15) is 4.79 Å². The number of carbonyl (C=O) groups is 1. The normalized spacial score (nSPS) is 14.5. The van der Waals surface area contributed by atoms with Gasteiger partial charge in [-0.2, -0.15) is 0 Å². The third kappa shape index (κ3) is 4.47. The molecule has 0 unspecified atom stereocenters. The van der Waals surface area contributed by atoms with E-state index in [1.807, 2.05) is 25.5 Å². The minimum absolute atomic E-state index is 0. The van der Waals surface area contributed by atoms with Gasteiger partial charge in [0, 0.05) is 13.6 Å². The first-order valence-electron chi connectivity index (χ1n) is 9.44. The van der Waals surface area contributed by atoms with Crippen LogP contribution in [0, 0.1) is 20.8 Å². The van der Waals surface area contributed by atoms with Crippen molar-refractivity contribution in [2.45, 2.75) is 46.2 Å². The highest BCUT2D eigenvalue weighted by Gasteiger charge is 2.24. The number of hydrogen-bond acceptors (Lipinski definition) is 5. The fourth-order valence-electron chi connectivity index (χ4n) is 3.92. The number of benzene rings is 1. The molecule has 0 saturated carbocycles. The van der Waals surface area contributed by atoms with Gasteiger partial charge in [-0.1, -0.05) is 17.3 Å². The van der Waals surface area contributed by atoms with Crippen molar-refractivity contribution >= 4 is 18.3 Å². The second-order valence-electron chi connectivity index (χ2n) is 7.37. The van der Waals surface area contributed by atoms with Crippen molar-refractivity contribution < 1.29 is 9.53 Å². The van der Waals surface area contributed by atoms with Gasteiger partial charge < -0.3 is 15.0 Å². The summed E-state index contributed by atoms with van der Waals surface area (Å²) < 4.78 is 7.34. The highest BCUT2D eigenvalue weighted by atomic mass is 35.5. The molecule has 0 atom stereocenters. The van der Waals surface area contributed by atoms with Crippen molar-refractivity contribution in [1.29, 1.82) is 0 Å². The Morgan fingerprint density at radius 3 is 2.43 bits per heavy atom. The molecule has 2 heterocycles. The summed E-state index contributed by atoms with van der Waals surface area (Å²) in [5.41, 5.74) is 4.51. The Kier molecular flexibility index (Phi) is 7.43. The van der Waals surface area contributed by atoms with E-state index >= 15 is 0 Å². The number of halogens is 1. The first-order valence-corrected chi connectivity index (χ1v) is 9.44. The van der Waals surface area contributed by atoms with Crippen molar-refractivity contribution in [3.05, 3.63) is 40.2 Å². The van der Waals surface area contributed by atoms with E-state index in [-0.39, 0.29) is 18.3 Å². The number of methoxy groups -OCH3 is 1. The maximum Gasteiger partial charge on any atom is 0.276 e.